The number of aryl methyl sites for hydroxylation is 3. The van der Waals surface area contributed by atoms with Crippen molar-refractivity contribution < 1.29 is 9.32 Å². The summed E-state index contributed by atoms with van der Waals surface area (Å²) < 4.78 is 4.91. The normalized spacial score (nSPS) is 12.0. The second-order valence-electron chi connectivity index (χ2n) is 4.98. The first-order valence-corrected chi connectivity index (χ1v) is 6.53. The van der Waals surface area contributed by atoms with E-state index in [0.717, 1.165) is 5.69 Å². The van der Waals surface area contributed by atoms with Gasteiger partial charge in [0.2, 0.25) is 5.91 Å². The summed E-state index contributed by atoms with van der Waals surface area (Å²) in [5, 5.41) is 9.60. The summed E-state index contributed by atoms with van der Waals surface area (Å²) >= 11 is 0. The van der Waals surface area contributed by atoms with Gasteiger partial charge in [-0.3, -0.25) is 4.79 Å². The highest BCUT2D eigenvalue weighted by atomic mass is 16.5. The summed E-state index contributed by atoms with van der Waals surface area (Å²) in [6, 6.07) is 7.34. The predicted octanol–water partition coefficient (Wildman–Crippen LogP) is 3.04. The van der Waals surface area contributed by atoms with E-state index in [1.165, 1.54) is 11.1 Å². The van der Waals surface area contributed by atoms with Crippen LogP contribution in [-0.2, 0) is 4.79 Å². The minimum atomic E-state index is -0.367. The van der Waals surface area contributed by atoms with Gasteiger partial charge in [-0.15, -0.1) is 0 Å². The van der Waals surface area contributed by atoms with Gasteiger partial charge in [0.05, 0.1) is 0 Å². The molecule has 2 N–H and O–H groups in total. The van der Waals surface area contributed by atoms with Gasteiger partial charge in [-0.05, 0) is 51.0 Å². The van der Waals surface area contributed by atoms with E-state index in [1.54, 1.807) is 19.9 Å². The third-order valence-electron chi connectivity index (χ3n) is 3.16. The minimum Gasteiger partial charge on any atom is -0.374 e. The molecule has 2 aromatic rings. The van der Waals surface area contributed by atoms with Crippen molar-refractivity contribution >= 4 is 17.4 Å². The molecule has 5 nitrogen and oxygen atoms in total. The van der Waals surface area contributed by atoms with Gasteiger partial charge >= 0.3 is 0 Å². The Morgan fingerprint density at radius 2 is 1.95 bits per heavy atom. The number of aromatic nitrogens is 1. The first-order valence-electron chi connectivity index (χ1n) is 6.53. The SMILES string of the molecule is Cc1cc(NC(=O)[C@H](C)Nc2ccc(C)c(C)c2)no1. The van der Waals surface area contributed by atoms with Gasteiger partial charge in [0.15, 0.2) is 5.82 Å². The summed E-state index contributed by atoms with van der Waals surface area (Å²) in [4.78, 5) is 12.0. The number of hydrogen-bond acceptors (Lipinski definition) is 4. The Hall–Kier alpha value is -2.30. The molecule has 1 aromatic carbocycles. The van der Waals surface area contributed by atoms with Crippen molar-refractivity contribution in [3.63, 3.8) is 0 Å². The molecule has 0 aliphatic rings. The molecule has 0 saturated carbocycles. The van der Waals surface area contributed by atoms with Crippen LogP contribution in [0.5, 0.6) is 0 Å². The Morgan fingerprint density at radius 3 is 2.55 bits per heavy atom. The number of rotatable bonds is 4. The fourth-order valence-corrected chi connectivity index (χ4v) is 1.81. The number of hydrogen-bond donors (Lipinski definition) is 2. The topological polar surface area (TPSA) is 67.2 Å². The smallest absolute Gasteiger partial charge is 0.247 e. The molecule has 106 valence electrons. The van der Waals surface area contributed by atoms with E-state index in [9.17, 15) is 4.79 Å². The quantitative estimate of drug-likeness (QED) is 0.898. The first-order chi connectivity index (χ1) is 9.45. The maximum atomic E-state index is 12.0. The van der Waals surface area contributed by atoms with Gasteiger partial charge in [0.25, 0.3) is 0 Å². The first kappa shape index (κ1) is 14.1. The second kappa shape index (κ2) is 5.77. The van der Waals surface area contributed by atoms with E-state index >= 15 is 0 Å². The highest BCUT2D eigenvalue weighted by Gasteiger charge is 2.14. The molecule has 1 amide bonds. The number of nitrogens with one attached hydrogen (secondary N) is 2. The molecular weight excluding hydrogens is 254 g/mol. The van der Waals surface area contributed by atoms with Gasteiger partial charge in [0, 0.05) is 11.8 Å². The summed E-state index contributed by atoms with van der Waals surface area (Å²) in [7, 11) is 0. The van der Waals surface area contributed by atoms with E-state index in [-0.39, 0.29) is 11.9 Å². The van der Waals surface area contributed by atoms with Crippen LogP contribution in [0, 0.1) is 20.8 Å². The fraction of sp³-hybridized carbons (Fsp3) is 0.333. The van der Waals surface area contributed by atoms with Crippen LogP contribution in [0.1, 0.15) is 23.8 Å². The van der Waals surface area contributed by atoms with Gasteiger partial charge in [-0.25, -0.2) is 0 Å². The molecule has 0 aliphatic heterocycles. The number of amides is 1. The van der Waals surface area contributed by atoms with E-state index in [4.69, 9.17) is 4.52 Å². The van der Waals surface area contributed by atoms with Crippen molar-refractivity contribution in [1.82, 2.24) is 5.16 Å². The second-order valence-corrected chi connectivity index (χ2v) is 4.98. The zero-order chi connectivity index (χ0) is 14.7. The van der Waals surface area contributed by atoms with Crippen LogP contribution < -0.4 is 10.6 Å². The van der Waals surface area contributed by atoms with Crippen LogP contribution >= 0.6 is 0 Å². The summed E-state index contributed by atoms with van der Waals surface area (Å²) in [5.74, 6) is 0.938. The predicted molar refractivity (Wildman–Crippen MR) is 78.9 cm³/mol. The monoisotopic (exact) mass is 273 g/mol. The van der Waals surface area contributed by atoms with Crippen LogP contribution in [0.15, 0.2) is 28.8 Å². The molecule has 20 heavy (non-hydrogen) atoms. The molecule has 0 spiro atoms. The fourth-order valence-electron chi connectivity index (χ4n) is 1.81. The van der Waals surface area contributed by atoms with Gasteiger partial charge in [-0.1, -0.05) is 11.2 Å². The Kier molecular flexibility index (Phi) is 4.08. The molecule has 1 heterocycles. The van der Waals surface area contributed by atoms with Crippen LogP contribution in [-0.4, -0.2) is 17.1 Å². The van der Waals surface area contributed by atoms with E-state index in [2.05, 4.69) is 22.7 Å². The summed E-state index contributed by atoms with van der Waals surface area (Å²) in [6.07, 6.45) is 0. The molecule has 1 aromatic heterocycles. The number of carbonyl (C=O) groups excluding carboxylic acids is 1. The van der Waals surface area contributed by atoms with Crippen molar-refractivity contribution in [2.24, 2.45) is 0 Å². The average molecular weight is 273 g/mol. The average Bonchev–Trinajstić information content (AvgIpc) is 2.79. The van der Waals surface area contributed by atoms with E-state index in [1.807, 2.05) is 25.1 Å². The molecule has 0 unspecified atom stereocenters. The molecular formula is C15H19N3O2. The highest BCUT2D eigenvalue weighted by Crippen LogP contribution is 2.15. The van der Waals surface area contributed by atoms with Crippen LogP contribution in [0.3, 0.4) is 0 Å². The number of carbonyl (C=O) groups is 1. The Labute approximate surface area is 118 Å². The lowest BCUT2D eigenvalue weighted by Crippen LogP contribution is -2.32. The minimum absolute atomic E-state index is 0.156. The maximum Gasteiger partial charge on any atom is 0.247 e. The number of benzene rings is 1. The Morgan fingerprint density at radius 1 is 1.20 bits per heavy atom. The number of nitrogens with zero attached hydrogens (tertiary/aromatic N) is 1. The molecule has 0 radical (unpaired) electrons. The molecule has 0 fully saturated rings. The molecule has 0 bridgehead atoms. The summed E-state index contributed by atoms with van der Waals surface area (Å²) in [6.45, 7) is 7.68. The lowest BCUT2D eigenvalue weighted by molar-refractivity contribution is -0.116. The van der Waals surface area contributed by atoms with Crippen molar-refractivity contribution in [3.8, 4) is 0 Å². The van der Waals surface area contributed by atoms with Crippen molar-refractivity contribution in [2.45, 2.75) is 33.7 Å². The van der Waals surface area contributed by atoms with E-state index in [0.29, 0.717) is 11.6 Å². The maximum absolute atomic E-state index is 12.0. The summed E-state index contributed by atoms with van der Waals surface area (Å²) in [5.41, 5.74) is 3.34. The van der Waals surface area contributed by atoms with Crippen LogP contribution in [0.25, 0.3) is 0 Å². The third-order valence-corrected chi connectivity index (χ3v) is 3.16. The lowest BCUT2D eigenvalue weighted by atomic mass is 10.1. The lowest BCUT2D eigenvalue weighted by Gasteiger charge is -2.15. The molecule has 1 atom stereocenters. The van der Waals surface area contributed by atoms with Crippen molar-refractivity contribution in [3.05, 3.63) is 41.2 Å². The van der Waals surface area contributed by atoms with Crippen molar-refractivity contribution in [2.75, 3.05) is 10.6 Å². The third kappa shape index (κ3) is 3.38. The molecule has 0 aliphatic carbocycles. The number of anilines is 2. The zero-order valence-corrected chi connectivity index (χ0v) is 12.2. The van der Waals surface area contributed by atoms with Gasteiger partial charge in [-0.2, -0.15) is 0 Å². The van der Waals surface area contributed by atoms with Crippen LogP contribution in [0.4, 0.5) is 11.5 Å². The largest absolute Gasteiger partial charge is 0.374 e. The standard InChI is InChI=1S/C15H19N3O2/c1-9-5-6-13(7-10(9)2)16-12(4)15(19)17-14-8-11(3)20-18-14/h5-8,12,16H,1-4H3,(H,17,18,19)/t12-/m0/s1. The molecule has 5 heteroatoms. The Bertz CT molecular complexity index is 619. The van der Waals surface area contributed by atoms with Gasteiger partial charge < -0.3 is 15.2 Å². The van der Waals surface area contributed by atoms with Crippen molar-refractivity contribution in [1.29, 1.82) is 0 Å². The van der Waals surface area contributed by atoms with Crippen LogP contribution in [0.2, 0.25) is 0 Å². The Balaban J connectivity index is 1.98. The highest BCUT2D eigenvalue weighted by molar-refractivity contribution is 5.95. The molecule has 2 rings (SSSR count). The molecule has 0 saturated heterocycles. The van der Waals surface area contributed by atoms with E-state index < -0.39 is 0 Å². The van der Waals surface area contributed by atoms with Gasteiger partial charge in [0.1, 0.15) is 11.8 Å². The zero-order valence-electron chi connectivity index (χ0n) is 12.2.